The summed E-state index contributed by atoms with van der Waals surface area (Å²) in [5.41, 5.74) is 4.50. The molecule has 0 atom stereocenters. The van der Waals surface area contributed by atoms with E-state index in [4.69, 9.17) is 35.7 Å². The second-order valence-corrected chi connectivity index (χ2v) is 13.9. The van der Waals surface area contributed by atoms with E-state index in [9.17, 15) is 0 Å². The van der Waals surface area contributed by atoms with Crippen LogP contribution in [0.4, 0.5) is 23.3 Å². The van der Waals surface area contributed by atoms with Gasteiger partial charge in [0, 0.05) is 52.1 Å². The van der Waals surface area contributed by atoms with Crippen LogP contribution in [0.1, 0.15) is 39.1 Å². The molecular weight excluding hydrogens is 710 g/mol. The van der Waals surface area contributed by atoms with Gasteiger partial charge < -0.3 is 30.6 Å². The first-order chi connectivity index (χ1) is 25.3. The molecule has 0 spiro atoms. The van der Waals surface area contributed by atoms with Gasteiger partial charge in [-0.25, -0.2) is 9.97 Å². The molecule has 0 saturated heterocycles. The summed E-state index contributed by atoms with van der Waals surface area (Å²) in [5, 5.41) is 17.2. The second kappa shape index (κ2) is 13.1. The summed E-state index contributed by atoms with van der Waals surface area (Å²) in [7, 11) is 0. The Balaban J connectivity index is 0.00000400. The van der Waals surface area contributed by atoms with Gasteiger partial charge in [-0.1, -0.05) is 84.9 Å². The minimum absolute atomic E-state index is 0. The molecule has 0 aliphatic carbocycles. The molecule has 4 aromatic carbocycles. The maximum absolute atomic E-state index is 5.21. The maximum Gasteiger partial charge on any atom is 2.00 e. The van der Waals surface area contributed by atoms with E-state index >= 15 is 0 Å². The molecule has 0 fully saturated rings. The Morgan fingerprint density at radius 2 is 0.962 bits per heavy atom. The van der Waals surface area contributed by atoms with Crippen molar-refractivity contribution in [3.8, 4) is 11.4 Å². The number of anilines is 2. The van der Waals surface area contributed by atoms with Gasteiger partial charge in [-0.05, 0) is 81.7 Å². The number of benzene rings is 4. The van der Waals surface area contributed by atoms with Gasteiger partial charge in [0.05, 0.1) is 17.3 Å². The van der Waals surface area contributed by atoms with Crippen LogP contribution in [0.25, 0.3) is 22.0 Å². The molecule has 265 valence electrons. The molecule has 2 aromatic heterocycles. The Hall–Kier alpha value is -6.23. The van der Waals surface area contributed by atoms with Gasteiger partial charge in [-0.15, -0.1) is 0 Å². The zero-order valence-corrected chi connectivity index (χ0v) is 30.4. The minimum atomic E-state index is -0.756. The van der Waals surface area contributed by atoms with E-state index in [1.807, 2.05) is 154 Å². The molecule has 0 unspecified atom stereocenters. The molecule has 6 aromatic rings. The van der Waals surface area contributed by atoms with Gasteiger partial charge in [0.25, 0.3) is 0 Å². The standard InChI is InChI=1S/C41H35N11.Cu/c1-40(2)32-25-49(28-17-9-5-10-18-28)36(42-32)46-37-44-34(27-51(37)30-21-13-7-14-22-30)41(3,4)35-45-39(52(48-35)31-23-15-8-16-24-31)47-38-43-33(40)26-50(38)29-19-11-6-12-20-29;/h5-27H,1-4H3;/q-2;+2. The van der Waals surface area contributed by atoms with Gasteiger partial charge in [0.1, 0.15) is 0 Å². The average Bonchev–Trinajstić information content (AvgIpc) is 3.99. The van der Waals surface area contributed by atoms with Crippen molar-refractivity contribution in [3.63, 3.8) is 0 Å². The van der Waals surface area contributed by atoms with Crippen LogP contribution in [0.5, 0.6) is 0 Å². The van der Waals surface area contributed by atoms with Crippen molar-refractivity contribution in [3.05, 3.63) is 168 Å². The molecule has 11 nitrogen and oxygen atoms in total. The van der Waals surface area contributed by atoms with Crippen LogP contribution in [0, 0.1) is 0 Å². The van der Waals surface area contributed by atoms with E-state index in [0.717, 1.165) is 39.8 Å². The van der Waals surface area contributed by atoms with Crippen LogP contribution in [0.3, 0.4) is 0 Å². The third-order valence-corrected chi connectivity index (χ3v) is 9.64. The third-order valence-electron chi connectivity index (χ3n) is 9.64. The van der Waals surface area contributed by atoms with Crippen molar-refractivity contribution in [2.45, 2.75) is 38.5 Å². The van der Waals surface area contributed by atoms with E-state index in [1.54, 1.807) is 5.01 Å². The Labute approximate surface area is 318 Å². The smallest absolute Gasteiger partial charge is 0.374 e. The molecule has 0 N–H and O–H groups in total. The Morgan fingerprint density at radius 3 is 1.49 bits per heavy atom. The molecule has 3 aliphatic rings. The van der Waals surface area contributed by atoms with Crippen LogP contribution in [0.2, 0.25) is 0 Å². The van der Waals surface area contributed by atoms with Gasteiger partial charge >= 0.3 is 17.1 Å². The maximum atomic E-state index is 5.21. The quantitative estimate of drug-likeness (QED) is 0.168. The number of hydrogen-bond acceptors (Lipinski definition) is 7. The van der Waals surface area contributed by atoms with Crippen molar-refractivity contribution in [1.29, 1.82) is 0 Å². The van der Waals surface area contributed by atoms with Crippen LogP contribution in [-0.2, 0) is 27.9 Å². The van der Waals surface area contributed by atoms with Crippen LogP contribution in [-0.4, -0.2) is 36.9 Å². The number of para-hydroxylation sites is 4. The van der Waals surface area contributed by atoms with E-state index in [1.165, 1.54) is 0 Å². The van der Waals surface area contributed by atoms with Crippen molar-refractivity contribution in [1.82, 2.24) is 19.1 Å². The van der Waals surface area contributed by atoms with Crippen LogP contribution < -0.4 is 9.91 Å². The fraction of sp³-hybridized carbons (Fsp3) is 0.146. The number of rotatable bonds is 4. The summed E-state index contributed by atoms with van der Waals surface area (Å²) in [6, 6.07) is 40.2. The van der Waals surface area contributed by atoms with Crippen molar-refractivity contribution in [2.24, 2.45) is 15.1 Å². The third kappa shape index (κ3) is 5.91. The molecular formula is C41H35CuN11. The van der Waals surface area contributed by atoms with Crippen LogP contribution >= 0.6 is 0 Å². The van der Waals surface area contributed by atoms with E-state index in [2.05, 4.69) is 27.7 Å². The topological polar surface area (TPSA) is 107 Å². The summed E-state index contributed by atoms with van der Waals surface area (Å²) in [6.07, 6.45) is 6.09. The number of aliphatic imine (C=N–C) groups is 2. The summed E-state index contributed by atoms with van der Waals surface area (Å²) in [4.78, 5) is 22.7. The Kier molecular flexibility index (Phi) is 8.36. The first-order valence-electron chi connectivity index (χ1n) is 17.2. The molecule has 8 bridgehead atoms. The van der Waals surface area contributed by atoms with E-state index in [0.29, 0.717) is 29.7 Å². The van der Waals surface area contributed by atoms with Gasteiger partial charge in [-0.2, -0.15) is 0 Å². The number of imidazole rings is 2. The zero-order valence-electron chi connectivity index (χ0n) is 29.5. The Morgan fingerprint density at radius 1 is 0.509 bits per heavy atom. The number of amidine groups is 1. The van der Waals surface area contributed by atoms with Gasteiger partial charge in [0.15, 0.2) is 11.9 Å². The number of allylic oxidation sites excluding steroid dienone is 1. The SMILES string of the molecule is CC1(C)C2=CN(c3ccccc3)/C(=N/c3nc(cn3-c3ccccc3)C(C)(C)C3=NN(c4ccccc4)/C(=N/c4nc1cn4-c1ccccc1)[N-]3)[N-]2.[Cu+2]. The number of hydrogen-bond donors (Lipinski definition) is 0. The fourth-order valence-electron chi connectivity index (χ4n) is 6.40. The predicted molar refractivity (Wildman–Crippen MR) is 207 cm³/mol. The number of nitrogens with zero attached hydrogens (tertiary/aromatic N) is 11. The number of aromatic nitrogens is 4. The molecule has 53 heavy (non-hydrogen) atoms. The van der Waals surface area contributed by atoms with E-state index < -0.39 is 10.8 Å². The average molecular weight is 745 g/mol. The number of hydrazone groups is 1. The number of guanidine groups is 2. The van der Waals surface area contributed by atoms with Crippen molar-refractivity contribution < 1.29 is 17.1 Å². The normalized spacial score (nSPS) is 18.7. The first-order valence-corrected chi connectivity index (χ1v) is 17.2. The molecule has 9 rings (SSSR count). The summed E-state index contributed by atoms with van der Waals surface area (Å²) in [5.74, 6) is 2.40. The second-order valence-electron chi connectivity index (χ2n) is 13.9. The predicted octanol–water partition coefficient (Wildman–Crippen LogP) is 9.24. The minimum Gasteiger partial charge on any atom is -0.374 e. The van der Waals surface area contributed by atoms with Gasteiger partial charge in [0.2, 0.25) is 0 Å². The molecule has 0 saturated carbocycles. The van der Waals surface area contributed by atoms with E-state index in [-0.39, 0.29) is 17.1 Å². The molecule has 1 radical (unpaired) electrons. The van der Waals surface area contributed by atoms with Crippen molar-refractivity contribution >= 4 is 41.0 Å². The monoisotopic (exact) mass is 744 g/mol. The van der Waals surface area contributed by atoms with Crippen LogP contribution in [0.15, 0.2) is 161 Å². The molecule has 0 amide bonds. The zero-order chi connectivity index (χ0) is 35.5. The molecule has 3 aliphatic heterocycles. The Bertz CT molecular complexity index is 2240. The van der Waals surface area contributed by atoms with Gasteiger partial charge in [-0.3, -0.25) is 14.1 Å². The number of fused-ring (bicyclic) bond motifs is 8. The summed E-state index contributed by atoms with van der Waals surface area (Å²) >= 11 is 0. The van der Waals surface area contributed by atoms with Crippen molar-refractivity contribution in [2.75, 3.05) is 9.91 Å². The fourth-order valence-corrected chi connectivity index (χ4v) is 6.40. The molecule has 12 heteroatoms. The molecule has 5 heterocycles. The largest absolute Gasteiger partial charge is 2.00 e. The summed E-state index contributed by atoms with van der Waals surface area (Å²) < 4.78 is 3.99. The summed E-state index contributed by atoms with van der Waals surface area (Å²) in [6.45, 7) is 8.38. The first kappa shape index (κ1) is 33.9.